The van der Waals surface area contributed by atoms with Crippen molar-refractivity contribution in [3.63, 3.8) is 0 Å². The van der Waals surface area contributed by atoms with Crippen molar-refractivity contribution in [3.05, 3.63) is 55.9 Å². The number of rotatable bonds is 6. The largest absolute Gasteiger partial charge is 0.465 e. The molecule has 1 aromatic carbocycles. The molecule has 1 N–H and O–H groups in total. The molecule has 0 spiro atoms. The summed E-state index contributed by atoms with van der Waals surface area (Å²) in [5, 5.41) is 14.4. The van der Waals surface area contributed by atoms with Crippen LogP contribution in [0.25, 0.3) is 0 Å². The van der Waals surface area contributed by atoms with Crippen LogP contribution in [0.2, 0.25) is 0 Å². The van der Waals surface area contributed by atoms with Gasteiger partial charge in [0, 0.05) is 22.6 Å². The highest BCUT2D eigenvalue weighted by atomic mass is 32.1. The standard InChI is InChI=1S/C18H18N2O5S/c1-25-18(22)16-13-4-2-3-5-15(13)26-17(16)19-10-14(21)11-6-8-12(9-7-11)20(23)24/h6-9,19H,2-5,10H2,1H3. The summed E-state index contributed by atoms with van der Waals surface area (Å²) in [5.41, 5.74) is 1.87. The molecule has 0 unspecified atom stereocenters. The van der Waals surface area contributed by atoms with Crippen LogP contribution in [0.5, 0.6) is 0 Å². The van der Waals surface area contributed by atoms with Gasteiger partial charge in [-0.2, -0.15) is 0 Å². The Morgan fingerprint density at radius 3 is 2.58 bits per heavy atom. The molecule has 7 nitrogen and oxygen atoms in total. The number of anilines is 1. The minimum Gasteiger partial charge on any atom is -0.465 e. The first-order chi connectivity index (χ1) is 12.5. The van der Waals surface area contributed by atoms with E-state index in [1.165, 1.54) is 47.6 Å². The normalized spacial score (nSPS) is 13.0. The fourth-order valence-corrected chi connectivity index (χ4v) is 4.31. The zero-order valence-electron chi connectivity index (χ0n) is 14.2. The second-order valence-corrected chi connectivity index (χ2v) is 7.09. The van der Waals surface area contributed by atoms with Crippen molar-refractivity contribution in [2.24, 2.45) is 0 Å². The number of aryl methyl sites for hydroxylation is 1. The van der Waals surface area contributed by atoms with E-state index in [9.17, 15) is 19.7 Å². The van der Waals surface area contributed by atoms with E-state index in [4.69, 9.17) is 4.74 Å². The predicted molar refractivity (Wildman–Crippen MR) is 98.2 cm³/mol. The first-order valence-corrected chi connectivity index (χ1v) is 9.07. The van der Waals surface area contributed by atoms with Gasteiger partial charge < -0.3 is 10.1 Å². The molecule has 8 heteroatoms. The number of thiophene rings is 1. The molecule has 1 aromatic heterocycles. The van der Waals surface area contributed by atoms with Crippen LogP contribution in [0, 0.1) is 10.1 Å². The number of Topliss-reactive ketones (excluding diaryl/α,β-unsaturated/α-hetero) is 1. The van der Waals surface area contributed by atoms with E-state index in [1.54, 1.807) is 0 Å². The highest BCUT2D eigenvalue weighted by Gasteiger charge is 2.26. The van der Waals surface area contributed by atoms with E-state index in [1.807, 2.05) is 0 Å². The Kier molecular flexibility index (Phi) is 5.32. The molecule has 26 heavy (non-hydrogen) atoms. The van der Waals surface area contributed by atoms with Crippen molar-refractivity contribution in [1.82, 2.24) is 0 Å². The predicted octanol–water partition coefficient (Wildman–Crippen LogP) is 3.62. The molecule has 0 saturated heterocycles. The third-order valence-electron chi connectivity index (χ3n) is 4.37. The van der Waals surface area contributed by atoms with Gasteiger partial charge >= 0.3 is 5.97 Å². The van der Waals surface area contributed by atoms with E-state index in [0.29, 0.717) is 16.1 Å². The zero-order chi connectivity index (χ0) is 18.7. The van der Waals surface area contributed by atoms with Crippen LogP contribution in [0.15, 0.2) is 24.3 Å². The molecule has 2 aromatic rings. The number of esters is 1. The number of nitrogens with one attached hydrogen (secondary N) is 1. The summed E-state index contributed by atoms with van der Waals surface area (Å²) >= 11 is 1.50. The summed E-state index contributed by atoms with van der Waals surface area (Å²) in [7, 11) is 1.35. The van der Waals surface area contributed by atoms with Gasteiger partial charge in [-0.1, -0.05) is 0 Å². The first kappa shape index (κ1) is 18.1. The molecule has 0 bridgehead atoms. The monoisotopic (exact) mass is 374 g/mol. The van der Waals surface area contributed by atoms with Gasteiger partial charge in [0.25, 0.3) is 5.69 Å². The van der Waals surface area contributed by atoms with Gasteiger partial charge in [0.15, 0.2) is 5.78 Å². The van der Waals surface area contributed by atoms with Gasteiger partial charge in [0.05, 0.1) is 24.1 Å². The fourth-order valence-electron chi connectivity index (χ4n) is 3.04. The number of carbonyl (C=O) groups is 2. The second-order valence-electron chi connectivity index (χ2n) is 5.99. The second kappa shape index (κ2) is 7.65. The molecule has 3 rings (SSSR count). The van der Waals surface area contributed by atoms with Crippen LogP contribution in [0.3, 0.4) is 0 Å². The van der Waals surface area contributed by atoms with E-state index in [0.717, 1.165) is 31.2 Å². The molecule has 1 aliphatic carbocycles. The van der Waals surface area contributed by atoms with Crippen LogP contribution in [-0.2, 0) is 17.6 Å². The third-order valence-corrected chi connectivity index (χ3v) is 5.62. The number of fused-ring (bicyclic) bond motifs is 1. The van der Waals surface area contributed by atoms with Crippen LogP contribution >= 0.6 is 11.3 Å². The molecule has 0 aliphatic heterocycles. The molecule has 0 amide bonds. The maximum Gasteiger partial charge on any atom is 0.341 e. The zero-order valence-corrected chi connectivity index (χ0v) is 15.1. The number of nitro benzene ring substituents is 1. The molecule has 0 atom stereocenters. The van der Waals surface area contributed by atoms with E-state index < -0.39 is 10.9 Å². The SMILES string of the molecule is COC(=O)c1c(NCC(=O)c2ccc([N+](=O)[O-])cc2)sc2c1CCCC2. The van der Waals surface area contributed by atoms with Crippen molar-refractivity contribution in [2.45, 2.75) is 25.7 Å². The molecular weight excluding hydrogens is 356 g/mol. The van der Waals surface area contributed by atoms with Gasteiger partial charge in [-0.3, -0.25) is 14.9 Å². The van der Waals surface area contributed by atoms with Crippen molar-refractivity contribution >= 4 is 33.8 Å². The highest BCUT2D eigenvalue weighted by Crippen LogP contribution is 2.38. The van der Waals surface area contributed by atoms with Crippen molar-refractivity contribution in [3.8, 4) is 0 Å². The number of carbonyl (C=O) groups excluding carboxylic acids is 2. The minimum atomic E-state index is -0.509. The Hall–Kier alpha value is -2.74. The van der Waals surface area contributed by atoms with Crippen molar-refractivity contribution < 1.29 is 19.2 Å². The Labute approximate surface area is 154 Å². The van der Waals surface area contributed by atoms with E-state index in [-0.39, 0.29) is 18.0 Å². The Morgan fingerprint density at radius 2 is 1.92 bits per heavy atom. The fraction of sp³-hybridized carbons (Fsp3) is 0.333. The maximum atomic E-state index is 12.3. The number of nitrogens with zero attached hydrogens (tertiary/aromatic N) is 1. The molecule has 0 fully saturated rings. The van der Waals surface area contributed by atoms with Crippen molar-refractivity contribution in [1.29, 1.82) is 0 Å². The summed E-state index contributed by atoms with van der Waals surface area (Å²) in [6.45, 7) is 0.00119. The quantitative estimate of drug-likeness (QED) is 0.359. The van der Waals surface area contributed by atoms with Crippen molar-refractivity contribution in [2.75, 3.05) is 19.0 Å². The average molecular weight is 374 g/mol. The average Bonchev–Trinajstić information content (AvgIpc) is 3.04. The summed E-state index contributed by atoms with van der Waals surface area (Å²) in [5.74, 6) is -0.600. The lowest BCUT2D eigenvalue weighted by Crippen LogP contribution is -2.16. The number of methoxy groups -OCH3 is 1. The number of ketones is 1. The van der Waals surface area contributed by atoms with Crippen LogP contribution < -0.4 is 5.32 Å². The topological polar surface area (TPSA) is 98.5 Å². The van der Waals surface area contributed by atoms with Gasteiger partial charge in [0.1, 0.15) is 5.00 Å². The number of non-ortho nitro benzene ring substituents is 1. The first-order valence-electron chi connectivity index (χ1n) is 8.25. The number of benzene rings is 1. The summed E-state index contributed by atoms with van der Waals surface area (Å²) in [6, 6.07) is 5.47. The summed E-state index contributed by atoms with van der Waals surface area (Å²) < 4.78 is 4.91. The maximum absolute atomic E-state index is 12.3. The number of ether oxygens (including phenoxy) is 1. The lowest BCUT2D eigenvalue weighted by molar-refractivity contribution is -0.384. The van der Waals surface area contributed by atoms with E-state index in [2.05, 4.69) is 5.32 Å². The van der Waals surface area contributed by atoms with Crippen LogP contribution in [0.1, 0.15) is 44.0 Å². The Bertz CT molecular complexity index is 857. The lowest BCUT2D eigenvalue weighted by atomic mass is 9.95. The minimum absolute atomic E-state index is 0.00119. The van der Waals surface area contributed by atoms with Crippen LogP contribution in [0.4, 0.5) is 10.7 Å². The molecule has 0 saturated carbocycles. The molecule has 1 heterocycles. The smallest absolute Gasteiger partial charge is 0.341 e. The molecule has 0 radical (unpaired) electrons. The highest BCUT2D eigenvalue weighted by molar-refractivity contribution is 7.16. The lowest BCUT2D eigenvalue weighted by Gasteiger charge is -2.11. The van der Waals surface area contributed by atoms with E-state index >= 15 is 0 Å². The summed E-state index contributed by atoms with van der Waals surface area (Å²) in [4.78, 5) is 35.9. The van der Waals surface area contributed by atoms with Gasteiger partial charge in [-0.25, -0.2) is 4.79 Å². The third kappa shape index (κ3) is 3.60. The molecule has 1 aliphatic rings. The Balaban J connectivity index is 1.76. The summed E-state index contributed by atoms with van der Waals surface area (Å²) in [6.07, 6.45) is 3.90. The van der Waals surface area contributed by atoms with Gasteiger partial charge in [-0.15, -0.1) is 11.3 Å². The van der Waals surface area contributed by atoms with Gasteiger partial charge in [0.2, 0.25) is 0 Å². The number of hydrogen-bond acceptors (Lipinski definition) is 7. The molecular formula is C18H18N2O5S. The van der Waals surface area contributed by atoms with Crippen LogP contribution in [-0.4, -0.2) is 30.3 Å². The number of nitro groups is 1. The molecule has 136 valence electrons. The van der Waals surface area contributed by atoms with Gasteiger partial charge in [-0.05, 0) is 43.4 Å². The number of hydrogen-bond donors (Lipinski definition) is 1. The Morgan fingerprint density at radius 1 is 1.23 bits per heavy atom.